The van der Waals surface area contributed by atoms with Crippen LogP contribution in [0.25, 0.3) is 11.1 Å². The number of aromatic nitrogens is 2. The van der Waals surface area contributed by atoms with Gasteiger partial charge in [0.2, 0.25) is 10.0 Å². The first-order valence-electron chi connectivity index (χ1n) is 7.23. The molecule has 0 aliphatic carbocycles. The number of piperidine rings is 1. The Bertz CT molecular complexity index is 786. The quantitative estimate of drug-likeness (QED) is 0.931. The molecule has 1 saturated heterocycles. The molecule has 3 rings (SSSR count). The zero-order chi connectivity index (χ0) is 15.6. The second kappa shape index (κ2) is 6.02. The number of benzene rings is 1. The molecule has 0 bridgehead atoms. The van der Waals surface area contributed by atoms with E-state index in [9.17, 15) is 13.2 Å². The van der Waals surface area contributed by atoms with E-state index in [1.807, 2.05) is 0 Å². The standard InChI is InChI=1S/C15H17N3O3S/c19-15-16-10-13(11-17-15)12-4-6-14(7-5-12)22(20,21)18-8-2-1-3-9-18/h4-7,10-11H,1-3,8-9H2,(H,16,17,19). The lowest BCUT2D eigenvalue weighted by molar-refractivity contribution is 0.346. The third-order valence-electron chi connectivity index (χ3n) is 3.81. The van der Waals surface area contributed by atoms with Gasteiger partial charge in [0.15, 0.2) is 0 Å². The van der Waals surface area contributed by atoms with Gasteiger partial charge in [0.25, 0.3) is 0 Å². The molecule has 0 saturated carbocycles. The average Bonchev–Trinajstić information content (AvgIpc) is 2.56. The second-order valence-corrected chi connectivity index (χ2v) is 7.23. The smallest absolute Gasteiger partial charge is 0.312 e. The minimum absolute atomic E-state index is 0.301. The Balaban J connectivity index is 1.87. The maximum Gasteiger partial charge on any atom is 0.344 e. The van der Waals surface area contributed by atoms with E-state index >= 15 is 0 Å². The third-order valence-corrected chi connectivity index (χ3v) is 5.73. The molecule has 6 nitrogen and oxygen atoms in total. The minimum Gasteiger partial charge on any atom is -0.312 e. The first-order valence-corrected chi connectivity index (χ1v) is 8.67. The summed E-state index contributed by atoms with van der Waals surface area (Å²) >= 11 is 0. The molecule has 1 fully saturated rings. The fraction of sp³-hybridized carbons (Fsp3) is 0.333. The molecule has 1 aromatic heterocycles. The fourth-order valence-corrected chi connectivity index (χ4v) is 4.09. The van der Waals surface area contributed by atoms with Crippen LogP contribution in [0, 0.1) is 0 Å². The second-order valence-electron chi connectivity index (χ2n) is 5.30. The van der Waals surface area contributed by atoms with Crippen LogP contribution in [-0.2, 0) is 10.0 Å². The molecule has 0 amide bonds. The third kappa shape index (κ3) is 2.95. The Morgan fingerprint density at radius 2 is 1.68 bits per heavy atom. The molecule has 7 heteroatoms. The number of rotatable bonds is 3. The van der Waals surface area contributed by atoms with E-state index in [1.54, 1.807) is 34.8 Å². The average molecular weight is 319 g/mol. The van der Waals surface area contributed by atoms with Gasteiger partial charge in [0.05, 0.1) is 4.90 Å². The van der Waals surface area contributed by atoms with Crippen LogP contribution in [0.5, 0.6) is 0 Å². The van der Waals surface area contributed by atoms with Crippen molar-refractivity contribution in [3.05, 3.63) is 47.1 Å². The molecule has 22 heavy (non-hydrogen) atoms. The van der Waals surface area contributed by atoms with Gasteiger partial charge in [-0.3, -0.25) is 0 Å². The Morgan fingerprint density at radius 1 is 1.00 bits per heavy atom. The van der Waals surface area contributed by atoms with Crippen LogP contribution in [0.1, 0.15) is 19.3 Å². The summed E-state index contributed by atoms with van der Waals surface area (Å²) in [6.07, 6.45) is 5.95. The molecule has 0 unspecified atom stereocenters. The van der Waals surface area contributed by atoms with E-state index in [1.165, 1.54) is 6.20 Å². The molecular weight excluding hydrogens is 302 g/mol. The molecule has 116 valence electrons. The van der Waals surface area contributed by atoms with Gasteiger partial charge < -0.3 is 4.98 Å². The van der Waals surface area contributed by atoms with Crippen molar-refractivity contribution in [3.8, 4) is 11.1 Å². The molecule has 2 aromatic rings. The molecule has 0 spiro atoms. The highest BCUT2D eigenvalue weighted by atomic mass is 32.2. The van der Waals surface area contributed by atoms with Crippen molar-refractivity contribution in [1.29, 1.82) is 0 Å². The van der Waals surface area contributed by atoms with Crippen LogP contribution >= 0.6 is 0 Å². The van der Waals surface area contributed by atoms with Crippen molar-refractivity contribution in [2.45, 2.75) is 24.2 Å². The summed E-state index contributed by atoms with van der Waals surface area (Å²) in [5.74, 6) is 0. The fourth-order valence-electron chi connectivity index (χ4n) is 2.57. The zero-order valence-corrected chi connectivity index (χ0v) is 12.8. The Hall–Kier alpha value is -1.99. The largest absolute Gasteiger partial charge is 0.344 e. The molecule has 2 heterocycles. The summed E-state index contributed by atoms with van der Waals surface area (Å²) in [5.41, 5.74) is 1.14. The van der Waals surface area contributed by atoms with Gasteiger partial charge in [-0.2, -0.15) is 4.31 Å². The number of hydrogen-bond acceptors (Lipinski definition) is 4. The van der Waals surface area contributed by atoms with Gasteiger partial charge in [-0.15, -0.1) is 0 Å². The van der Waals surface area contributed by atoms with Crippen LogP contribution in [0.4, 0.5) is 0 Å². The predicted molar refractivity (Wildman–Crippen MR) is 82.9 cm³/mol. The summed E-state index contributed by atoms with van der Waals surface area (Å²) in [7, 11) is -3.41. The highest BCUT2D eigenvalue weighted by molar-refractivity contribution is 7.89. The van der Waals surface area contributed by atoms with E-state index in [0.717, 1.165) is 30.4 Å². The van der Waals surface area contributed by atoms with Crippen LogP contribution in [0.3, 0.4) is 0 Å². The lowest BCUT2D eigenvalue weighted by atomic mass is 10.1. The van der Waals surface area contributed by atoms with Crippen molar-refractivity contribution < 1.29 is 8.42 Å². The van der Waals surface area contributed by atoms with Gasteiger partial charge in [-0.1, -0.05) is 18.6 Å². The SMILES string of the molecule is O=c1ncc(-c2ccc(S(=O)(=O)N3CCCCC3)cc2)c[nH]1. The summed E-state index contributed by atoms with van der Waals surface area (Å²) in [6.45, 7) is 1.18. The van der Waals surface area contributed by atoms with E-state index in [0.29, 0.717) is 18.0 Å². The molecular formula is C15H17N3O3S. The number of nitrogens with zero attached hydrogens (tertiary/aromatic N) is 2. The van der Waals surface area contributed by atoms with Crippen molar-refractivity contribution in [3.63, 3.8) is 0 Å². The normalized spacial score (nSPS) is 16.5. The van der Waals surface area contributed by atoms with Gasteiger partial charge in [0.1, 0.15) is 0 Å². The maximum absolute atomic E-state index is 12.5. The first kappa shape index (κ1) is 14.9. The van der Waals surface area contributed by atoms with Gasteiger partial charge >= 0.3 is 5.69 Å². The number of aromatic amines is 1. The van der Waals surface area contributed by atoms with Crippen LogP contribution in [0.2, 0.25) is 0 Å². The highest BCUT2D eigenvalue weighted by Gasteiger charge is 2.25. The van der Waals surface area contributed by atoms with E-state index in [2.05, 4.69) is 9.97 Å². The molecule has 1 N–H and O–H groups in total. The summed E-state index contributed by atoms with van der Waals surface area (Å²) < 4.78 is 26.6. The maximum atomic E-state index is 12.5. The van der Waals surface area contributed by atoms with Crippen molar-refractivity contribution in [2.75, 3.05) is 13.1 Å². The number of H-pyrrole nitrogens is 1. The van der Waals surface area contributed by atoms with Crippen molar-refractivity contribution >= 4 is 10.0 Å². The lowest BCUT2D eigenvalue weighted by Gasteiger charge is -2.25. The van der Waals surface area contributed by atoms with E-state index in [-0.39, 0.29) is 0 Å². The zero-order valence-electron chi connectivity index (χ0n) is 12.0. The summed E-state index contributed by atoms with van der Waals surface area (Å²) in [5, 5.41) is 0. The van der Waals surface area contributed by atoms with Crippen LogP contribution in [-0.4, -0.2) is 35.8 Å². The number of hydrogen-bond donors (Lipinski definition) is 1. The molecule has 0 radical (unpaired) electrons. The topological polar surface area (TPSA) is 83.1 Å². The Morgan fingerprint density at radius 3 is 2.27 bits per heavy atom. The predicted octanol–water partition coefficient (Wildman–Crippen LogP) is 1.61. The van der Waals surface area contributed by atoms with E-state index < -0.39 is 15.7 Å². The molecule has 1 aliphatic heterocycles. The van der Waals surface area contributed by atoms with Crippen molar-refractivity contribution in [1.82, 2.24) is 14.3 Å². The van der Waals surface area contributed by atoms with Crippen LogP contribution in [0.15, 0.2) is 46.3 Å². The molecule has 0 atom stereocenters. The van der Waals surface area contributed by atoms with Crippen molar-refractivity contribution in [2.24, 2.45) is 0 Å². The Kier molecular flexibility index (Phi) is 4.08. The Labute approximate surface area is 128 Å². The molecule has 1 aromatic carbocycles. The summed E-state index contributed by atoms with van der Waals surface area (Å²) in [4.78, 5) is 17.4. The number of nitrogens with one attached hydrogen (secondary N) is 1. The minimum atomic E-state index is -3.41. The first-order chi connectivity index (χ1) is 10.6. The number of sulfonamides is 1. The van der Waals surface area contributed by atoms with Gasteiger partial charge in [-0.05, 0) is 30.5 Å². The summed E-state index contributed by atoms with van der Waals surface area (Å²) in [6, 6.07) is 6.66. The lowest BCUT2D eigenvalue weighted by Crippen LogP contribution is -2.35. The highest BCUT2D eigenvalue weighted by Crippen LogP contribution is 2.23. The monoisotopic (exact) mass is 319 g/mol. The van der Waals surface area contributed by atoms with Crippen LogP contribution < -0.4 is 5.69 Å². The molecule has 1 aliphatic rings. The van der Waals surface area contributed by atoms with Gasteiger partial charge in [0, 0.05) is 31.0 Å². The van der Waals surface area contributed by atoms with E-state index in [4.69, 9.17) is 0 Å². The van der Waals surface area contributed by atoms with Gasteiger partial charge in [-0.25, -0.2) is 18.2 Å².